The molecule has 1 saturated heterocycles. The smallest absolute Gasteiger partial charge is 0.264 e. The van der Waals surface area contributed by atoms with Crippen molar-refractivity contribution in [2.45, 2.75) is 68.6 Å². The van der Waals surface area contributed by atoms with E-state index in [1.54, 1.807) is 16.7 Å². The molecule has 3 heterocycles. The van der Waals surface area contributed by atoms with Crippen LogP contribution in [0.5, 0.6) is 0 Å². The summed E-state index contributed by atoms with van der Waals surface area (Å²) in [7, 11) is 0. The molecule has 0 bridgehead atoms. The van der Waals surface area contributed by atoms with Crippen LogP contribution in [-0.2, 0) is 11.2 Å². The summed E-state index contributed by atoms with van der Waals surface area (Å²) in [6.45, 7) is 1.24. The zero-order chi connectivity index (χ0) is 20.9. The van der Waals surface area contributed by atoms with Crippen LogP contribution in [0.4, 0.5) is 0 Å². The van der Waals surface area contributed by atoms with Crippen molar-refractivity contribution in [3.8, 4) is 0 Å². The largest absolute Gasteiger partial charge is 0.354 e. The second-order valence-electron chi connectivity index (χ2n) is 7.94. The van der Waals surface area contributed by atoms with E-state index in [9.17, 15) is 9.59 Å². The van der Waals surface area contributed by atoms with Gasteiger partial charge in [0, 0.05) is 25.6 Å². The lowest BCUT2D eigenvalue weighted by molar-refractivity contribution is -0.124. The van der Waals surface area contributed by atoms with Crippen molar-refractivity contribution in [3.05, 3.63) is 28.2 Å². The quantitative estimate of drug-likeness (QED) is 0.495. The Kier molecular flexibility index (Phi) is 7.09. The number of nitrogens with zero attached hydrogens (tertiary/aromatic N) is 4. The van der Waals surface area contributed by atoms with E-state index in [4.69, 9.17) is 0 Å². The van der Waals surface area contributed by atoms with Gasteiger partial charge in [-0.2, -0.15) is 0 Å². The number of aromatic nitrogens is 3. The van der Waals surface area contributed by atoms with E-state index in [-0.39, 0.29) is 17.9 Å². The summed E-state index contributed by atoms with van der Waals surface area (Å²) in [6, 6.07) is 3.85. The number of hydrogen-bond acceptors (Lipinski definition) is 6. The second kappa shape index (κ2) is 9.96. The lowest BCUT2D eigenvalue weighted by atomic mass is 10.2. The molecule has 2 aromatic heterocycles. The van der Waals surface area contributed by atoms with E-state index in [2.05, 4.69) is 20.1 Å². The summed E-state index contributed by atoms with van der Waals surface area (Å²) in [6.07, 6.45) is 10.2. The summed E-state index contributed by atoms with van der Waals surface area (Å²) in [5, 5.41) is 14.7. The van der Waals surface area contributed by atoms with Gasteiger partial charge in [0.05, 0.1) is 4.88 Å². The fraction of sp³-hybridized carbons (Fsp3) is 0.619. The van der Waals surface area contributed by atoms with Gasteiger partial charge in [-0.1, -0.05) is 30.7 Å². The van der Waals surface area contributed by atoms with Crippen LogP contribution in [0, 0.1) is 0 Å². The maximum absolute atomic E-state index is 12.7. The first-order valence-electron chi connectivity index (χ1n) is 10.8. The van der Waals surface area contributed by atoms with Gasteiger partial charge >= 0.3 is 0 Å². The third-order valence-corrected chi connectivity index (χ3v) is 7.53. The number of likely N-dealkylation sites (tertiary alicyclic amines) is 1. The Morgan fingerprint density at radius 1 is 1.23 bits per heavy atom. The number of thioether (sulfide) groups is 1. The summed E-state index contributed by atoms with van der Waals surface area (Å²) in [5.74, 6) is 0.951. The standard InChI is InChI=1S/C21H29N5O2S2/c1-29-21-24-23-18(26(21)15-7-2-3-8-15)11-4-12-22-19(27)16-9-5-13-25(16)20(28)17-10-6-14-30-17/h6,10,14-16H,2-5,7-9,11-13H2,1H3,(H,22,27)/t16-/m0/s1. The SMILES string of the molecule is CSc1nnc(CCCNC(=O)[C@@H]2CCCN2C(=O)c2cccs2)n1C1CCCC1. The highest BCUT2D eigenvalue weighted by Gasteiger charge is 2.34. The molecule has 2 amide bonds. The zero-order valence-corrected chi connectivity index (χ0v) is 19.0. The number of nitrogens with one attached hydrogen (secondary N) is 1. The van der Waals surface area contributed by atoms with Gasteiger partial charge in [-0.3, -0.25) is 9.59 Å². The first kappa shape index (κ1) is 21.4. The van der Waals surface area contributed by atoms with Crippen LogP contribution in [0.15, 0.2) is 22.7 Å². The lowest BCUT2D eigenvalue weighted by Crippen LogP contribution is -2.46. The van der Waals surface area contributed by atoms with Crippen LogP contribution in [0.25, 0.3) is 0 Å². The minimum Gasteiger partial charge on any atom is -0.354 e. The molecule has 0 unspecified atom stereocenters. The molecule has 1 atom stereocenters. The molecule has 2 fully saturated rings. The average molecular weight is 448 g/mol. The van der Waals surface area contributed by atoms with E-state index in [0.29, 0.717) is 24.0 Å². The van der Waals surface area contributed by atoms with E-state index >= 15 is 0 Å². The molecule has 0 spiro atoms. The summed E-state index contributed by atoms with van der Waals surface area (Å²) >= 11 is 3.08. The van der Waals surface area contributed by atoms with Crippen molar-refractivity contribution in [1.82, 2.24) is 25.0 Å². The lowest BCUT2D eigenvalue weighted by Gasteiger charge is -2.23. The van der Waals surface area contributed by atoms with E-state index < -0.39 is 0 Å². The number of aryl methyl sites for hydroxylation is 1. The van der Waals surface area contributed by atoms with Crippen molar-refractivity contribution in [1.29, 1.82) is 0 Å². The first-order chi connectivity index (χ1) is 14.7. The Bertz CT molecular complexity index is 861. The van der Waals surface area contributed by atoms with Crippen molar-refractivity contribution in [2.75, 3.05) is 19.3 Å². The fourth-order valence-corrected chi connectivity index (χ4v) is 5.80. The predicted octanol–water partition coefficient (Wildman–Crippen LogP) is 3.53. The summed E-state index contributed by atoms with van der Waals surface area (Å²) in [5.41, 5.74) is 0. The maximum atomic E-state index is 12.7. The molecule has 1 aliphatic heterocycles. The number of hydrogen-bond donors (Lipinski definition) is 1. The highest BCUT2D eigenvalue weighted by molar-refractivity contribution is 7.98. The van der Waals surface area contributed by atoms with Crippen LogP contribution in [-0.4, -0.2) is 56.9 Å². The van der Waals surface area contributed by atoms with E-state index in [1.165, 1.54) is 37.0 Å². The summed E-state index contributed by atoms with van der Waals surface area (Å²) < 4.78 is 2.32. The Labute approximate surface area is 185 Å². The van der Waals surface area contributed by atoms with Crippen molar-refractivity contribution in [2.24, 2.45) is 0 Å². The Morgan fingerprint density at radius 2 is 2.07 bits per heavy atom. The van der Waals surface area contributed by atoms with Gasteiger partial charge in [0.1, 0.15) is 11.9 Å². The van der Waals surface area contributed by atoms with Crippen LogP contribution in [0.1, 0.15) is 66.5 Å². The zero-order valence-electron chi connectivity index (χ0n) is 17.4. The Morgan fingerprint density at radius 3 is 2.80 bits per heavy atom. The third kappa shape index (κ3) is 4.56. The monoisotopic (exact) mass is 447 g/mol. The average Bonchev–Trinajstić information content (AvgIpc) is 3.56. The van der Waals surface area contributed by atoms with Crippen LogP contribution >= 0.6 is 23.1 Å². The van der Waals surface area contributed by atoms with Gasteiger partial charge in [-0.05, 0) is 49.8 Å². The van der Waals surface area contributed by atoms with Crippen LogP contribution in [0.2, 0.25) is 0 Å². The number of rotatable bonds is 8. The van der Waals surface area contributed by atoms with Crippen molar-refractivity contribution < 1.29 is 9.59 Å². The molecule has 1 N–H and O–H groups in total. The Balaban J connectivity index is 1.29. The fourth-order valence-electron chi connectivity index (χ4n) is 4.55. The molecule has 1 saturated carbocycles. The molecule has 162 valence electrons. The highest BCUT2D eigenvalue weighted by atomic mass is 32.2. The molecule has 2 aromatic rings. The van der Waals surface area contributed by atoms with Gasteiger partial charge in [0.2, 0.25) is 5.91 Å². The molecule has 30 heavy (non-hydrogen) atoms. The molecule has 0 aromatic carbocycles. The van der Waals surface area contributed by atoms with Gasteiger partial charge < -0.3 is 14.8 Å². The molecule has 7 nitrogen and oxygen atoms in total. The van der Waals surface area contributed by atoms with Gasteiger partial charge in [0.15, 0.2) is 5.16 Å². The summed E-state index contributed by atoms with van der Waals surface area (Å²) in [4.78, 5) is 27.8. The van der Waals surface area contributed by atoms with E-state index in [0.717, 1.165) is 36.7 Å². The normalized spacial score (nSPS) is 19.5. The number of thiophene rings is 1. The minimum absolute atomic E-state index is 0.0306. The molecule has 9 heteroatoms. The maximum Gasteiger partial charge on any atom is 0.264 e. The Hall–Kier alpha value is -1.87. The number of amides is 2. The highest BCUT2D eigenvalue weighted by Crippen LogP contribution is 2.33. The molecule has 4 rings (SSSR count). The minimum atomic E-state index is -0.357. The predicted molar refractivity (Wildman–Crippen MR) is 119 cm³/mol. The first-order valence-corrected chi connectivity index (χ1v) is 12.9. The topological polar surface area (TPSA) is 80.1 Å². The number of carbonyl (C=O) groups excluding carboxylic acids is 2. The van der Waals surface area contributed by atoms with Gasteiger partial charge in [0.25, 0.3) is 5.91 Å². The van der Waals surface area contributed by atoms with Crippen LogP contribution < -0.4 is 5.32 Å². The number of carbonyl (C=O) groups is 2. The van der Waals surface area contributed by atoms with Gasteiger partial charge in [-0.15, -0.1) is 21.5 Å². The van der Waals surface area contributed by atoms with Gasteiger partial charge in [-0.25, -0.2) is 0 Å². The van der Waals surface area contributed by atoms with Crippen molar-refractivity contribution in [3.63, 3.8) is 0 Å². The second-order valence-corrected chi connectivity index (χ2v) is 9.66. The molecular weight excluding hydrogens is 418 g/mol. The van der Waals surface area contributed by atoms with E-state index in [1.807, 2.05) is 23.8 Å². The van der Waals surface area contributed by atoms with Crippen molar-refractivity contribution >= 4 is 34.9 Å². The molecular formula is C21H29N5O2S2. The molecule has 0 radical (unpaired) electrons. The third-order valence-electron chi connectivity index (χ3n) is 6.03. The van der Waals surface area contributed by atoms with Crippen LogP contribution in [0.3, 0.4) is 0 Å². The molecule has 2 aliphatic rings. The molecule has 1 aliphatic carbocycles.